The first-order valence-corrected chi connectivity index (χ1v) is 6.86. The molecular formula is C14H28N2O2. The molecule has 0 aromatic heterocycles. The van der Waals surface area contributed by atoms with E-state index in [0.717, 1.165) is 32.2 Å². The van der Waals surface area contributed by atoms with Crippen molar-refractivity contribution in [3.05, 3.63) is 0 Å². The molecule has 2 N–H and O–H groups in total. The number of nitrogens with zero attached hydrogens (tertiary/aromatic N) is 1. The molecule has 0 aromatic carbocycles. The highest BCUT2D eigenvalue weighted by atomic mass is 16.3. The summed E-state index contributed by atoms with van der Waals surface area (Å²) < 4.78 is 0. The van der Waals surface area contributed by atoms with E-state index in [0.29, 0.717) is 18.4 Å². The quantitative estimate of drug-likeness (QED) is 0.781. The molecule has 1 fully saturated rings. The zero-order valence-electron chi connectivity index (χ0n) is 12.3. The van der Waals surface area contributed by atoms with Crippen molar-refractivity contribution in [3.8, 4) is 0 Å². The van der Waals surface area contributed by atoms with Crippen molar-refractivity contribution in [2.75, 3.05) is 27.2 Å². The van der Waals surface area contributed by atoms with Gasteiger partial charge in [0.05, 0.1) is 5.60 Å². The first-order valence-electron chi connectivity index (χ1n) is 6.86. The van der Waals surface area contributed by atoms with Gasteiger partial charge in [-0.1, -0.05) is 13.8 Å². The second-order valence-electron chi connectivity index (χ2n) is 6.72. The van der Waals surface area contributed by atoms with E-state index in [1.165, 1.54) is 0 Å². The van der Waals surface area contributed by atoms with Crippen LogP contribution in [-0.4, -0.2) is 48.7 Å². The van der Waals surface area contributed by atoms with Crippen LogP contribution in [0.15, 0.2) is 0 Å². The van der Waals surface area contributed by atoms with Crippen LogP contribution in [0.1, 0.15) is 46.0 Å². The number of hydrogen-bond donors (Lipinski definition) is 2. The molecule has 18 heavy (non-hydrogen) atoms. The monoisotopic (exact) mass is 256 g/mol. The molecule has 1 amide bonds. The van der Waals surface area contributed by atoms with Gasteiger partial charge in [-0.05, 0) is 45.2 Å². The zero-order valence-corrected chi connectivity index (χ0v) is 12.3. The van der Waals surface area contributed by atoms with Gasteiger partial charge >= 0.3 is 0 Å². The fourth-order valence-electron chi connectivity index (χ4n) is 2.25. The summed E-state index contributed by atoms with van der Waals surface area (Å²) in [4.78, 5) is 13.6. The lowest BCUT2D eigenvalue weighted by atomic mass is 9.71. The van der Waals surface area contributed by atoms with Gasteiger partial charge in [0.1, 0.15) is 0 Å². The van der Waals surface area contributed by atoms with E-state index >= 15 is 0 Å². The highest BCUT2D eigenvalue weighted by Crippen LogP contribution is 2.39. The van der Waals surface area contributed by atoms with Gasteiger partial charge < -0.3 is 15.3 Å². The van der Waals surface area contributed by atoms with Crippen molar-refractivity contribution in [2.45, 2.75) is 51.6 Å². The molecule has 0 radical (unpaired) electrons. The van der Waals surface area contributed by atoms with Gasteiger partial charge in [-0.15, -0.1) is 0 Å². The summed E-state index contributed by atoms with van der Waals surface area (Å²) in [6.07, 6.45) is 4.12. The third kappa shape index (κ3) is 5.36. The minimum Gasteiger partial charge on any atom is -0.388 e. The van der Waals surface area contributed by atoms with E-state index in [2.05, 4.69) is 19.2 Å². The second-order valence-corrected chi connectivity index (χ2v) is 6.72. The fraction of sp³-hybridized carbons (Fsp3) is 0.929. The first-order chi connectivity index (χ1) is 8.22. The molecule has 0 heterocycles. The second kappa shape index (κ2) is 6.02. The van der Waals surface area contributed by atoms with Gasteiger partial charge in [0, 0.05) is 19.5 Å². The number of aliphatic hydroxyl groups is 1. The molecule has 0 bridgehead atoms. The molecule has 0 saturated heterocycles. The van der Waals surface area contributed by atoms with Crippen molar-refractivity contribution in [1.82, 2.24) is 10.2 Å². The average Bonchev–Trinajstić information content (AvgIpc) is 2.29. The van der Waals surface area contributed by atoms with Crippen LogP contribution in [0.2, 0.25) is 0 Å². The predicted molar refractivity (Wildman–Crippen MR) is 73.4 cm³/mol. The Kier molecular flexibility index (Phi) is 5.17. The number of carbonyl (C=O) groups excluding carboxylic acids is 1. The van der Waals surface area contributed by atoms with Gasteiger partial charge in [0.15, 0.2) is 0 Å². The predicted octanol–water partition coefficient (Wildman–Crippen LogP) is 1.39. The topological polar surface area (TPSA) is 52.6 Å². The lowest BCUT2D eigenvalue weighted by Crippen LogP contribution is -2.46. The zero-order chi connectivity index (χ0) is 13.8. The Morgan fingerprint density at radius 1 is 1.22 bits per heavy atom. The Balaban J connectivity index is 2.28. The third-order valence-corrected chi connectivity index (χ3v) is 3.93. The fourth-order valence-corrected chi connectivity index (χ4v) is 2.25. The summed E-state index contributed by atoms with van der Waals surface area (Å²) in [6.45, 7) is 5.62. The standard InChI is InChI=1S/C14H28N2O2/c1-13(2)6-8-14(18,9-7-13)11-15-12(17)5-10-16(3)4/h18H,5-11H2,1-4H3,(H,15,17). The summed E-state index contributed by atoms with van der Waals surface area (Å²) in [5.74, 6) is 0.0296. The molecule has 4 nitrogen and oxygen atoms in total. The van der Waals surface area contributed by atoms with Gasteiger partial charge in [-0.2, -0.15) is 0 Å². The van der Waals surface area contributed by atoms with Gasteiger partial charge in [-0.25, -0.2) is 0 Å². The van der Waals surface area contributed by atoms with Gasteiger partial charge in [0.2, 0.25) is 5.91 Å². The first kappa shape index (κ1) is 15.4. The summed E-state index contributed by atoms with van der Waals surface area (Å²) in [5.41, 5.74) is -0.357. The highest BCUT2D eigenvalue weighted by molar-refractivity contribution is 5.76. The lowest BCUT2D eigenvalue weighted by Gasteiger charge is -2.40. The Hall–Kier alpha value is -0.610. The van der Waals surface area contributed by atoms with Crippen LogP contribution >= 0.6 is 0 Å². The minimum absolute atomic E-state index is 0.0296. The highest BCUT2D eigenvalue weighted by Gasteiger charge is 2.36. The van der Waals surface area contributed by atoms with Crippen LogP contribution in [0.3, 0.4) is 0 Å². The number of rotatable bonds is 5. The average molecular weight is 256 g/mol. The van der Waals surface area contributed by atoms with E-state index in [1.807, 2.05) is 19.0 Å². The SMILES string of the molecule is CN(C)CCC(=O)NCC1(O)CCC(C)(C)CC1. The number of amides is 1. The number of carbonyl (C=O) groups is 1. The number of nitrogens with one attached hydrogen (secondary N) is 1. The smallest absolute Gasteiger partial charge is 0.221 e. The van der Waals surface area contributed by atoms with Crippen LogP contribution in [0, 0.1) is 5.41 Å². The summed E-state index contributed by atoms with van der Waals surface area (Å²) >= 11 is 0. The molecule has 0 spiro atoms. The molecular weight excluding hydrogens is 228 g/mol. The largest absolute Gasteiger partial charge is 0.388 e. The van der Waals surface area contributed by atoms with Crippen molar-refractivity contribution in [2.24, 2.45) is 5.41 Å². The van der Waals surface area contributed by atoms with Gasteiger partial charge in [0.25, 0.3) is 0 Å². The molecule has 0 aliphatic heterocycles. The van der Waals surface area contributed by atoms with Crippen molar-refractivity contribution < 1.29 is 9.90 Å². The normalized spacial score (nSPS) is 21.9. The summed E-state index contributed by atoms with van der Waals surface area (Å²) in [7, 11) is 3.90. The van der Waals surface area contributed by atoms with Crippen LogP contribution in [0.4, 0.5) is 0 Å². The molecule has 4 heteroatoms. The van der Waals surface area contributed by atoms with E-state index in [9.17, 15) is 9.90 Å². The summed E-state index contributed by atoms with van der Waals surface area (Å²) in [5, 5.41) is 13.3. The molecule has 1 aliphatic rings. The van der Waals surface area contributed by atoms with Crippen molar-refractivity contribution >= 4 is 5.91 Å². The molecule has 0 aromatic rings. The van der Waals surface area contributed by atoms with Crippen LogP contribution in [-0.2, 0) is 4.79 Å². The molecule has 0 unspecified atom stereocenters. The Morgan fingerprint density at radius 3 is 2.28 bits per heavy atom. The van der Waals surface area contributed by atoms with E-state index in [1.54, 1.807) is 0 Å². The summed E-state index contributed by atoms with van der Waals surface area (Å²) in [6, 6.07) is 0. The van der Waals surface area contributed by atoms with Crippen LogP contribution in [0.5, 0.6) is 0 Å². The van der Waals surface area contributed by atoms with Crippen molar-refractivity contribution in [1.29, 1.82) is 0 Å². The maximum atomic E-state index is 11.6. The van der Waals surface area contributed by atoms with E-state index in [-0.39, 0.29) is 5.91 Å². The third-order valence-electron chi connectivity index (χ3n) is 3.93. The maximum absolute atomic E-state index is 11.6. The Morgan fingerprint density at radius 2 is 1.78 bits per heavy atom. The van der Waals surface area contributed by atoms with Crippen molar-refractivity contribution in [3.63, 3.8) is 0 Å². The van der Waals surface area contributed by atoms with E-state index < -0.39 is 5.60 Å². The molecule has 1 rings (SSSR count). The molecule has 1 saturated carbocycles. The minimum atomic E-state index is -0.691. The Bertz CT molecular complexity index is 278. The molecule has 1 aliphatic carbocycles. The van der Waals surface area contributed by atoms with Crippen LogP contribution in [0.25, 0.3) is 0 Å². The maximum Gasteiger partial charge on any atom is 0.221 e. The molecule has 0 atom stereocenters. The lowest BCUT2D eigenvalue weighted by molar-refractivity contribution is -0.123. The van der Waals surface area contributed by atoms with Crippen LogP contribution < -0.4 is 5.32 Å². The van der Waals surface area contributed by atoms with Gasteiger partial charge in [-0.3, -0.25) is 4.79 Å². The molecule has 106 valence electrons. The van der Waals surface area contributed by atoms with E-state index in [4.69, 9.17) is 0 Å². The Labute approximate surface area is 111 Å². The number of hydrogen-bond acceptors (Lipinski definition) is 3.